The van der Waals surface area contributed by atoms with E-state index >= 15 is 0 Å². The van der Waals surface area contributed by atoms with Crippen molar-refractivity contribution in [2.24, 2.45) is 5.92 Å². The third-order valence-corrected chi connectivity index (χ3v) is 2.28. The van der Waals surface area contributed by atoms with Gasteiger partial charge in [0.15, 0.2) is 0 Å². The third-order valence-electron chi connectivity index (χ3n) is 2.28. The zero-order valence-corrected chi connectivity index (χ0v) is 6.68. The highest BCUT2D eigenvalue weighted by atomic mass is 16.1. The monoisotopic (exact) mass is 141 g/mol. The average Bonchev–Trinajstić information content (AvgIpc) is 1.88. The predicted molar refractivity (Wildman–Crippen MR) is 40.9 cm³/mol. The second-order valence-electron chi connectivity index (χ2n) is 3.10. The van der Waals surface area contributed by atoms with E-state index in [1.807, 2.05) is 0 Å². The Balaban J connectivity index is 2.47. The molecule has 2 atom stereocenters. The maximum absolute atomic E-state index is 11.0. The number of ketones is 1. The molecule has 58 valence electrons. The fraction of sp³-hybridized carbons (Fsp3) is 0.875. The van der Waals surface area contributed by atoms with Gasteiger partial charge >= 0.3 is 0 Å². The minimum Gasteiger partial charge on any atom is -0.314 e. The van der Waals surface area contributed by atoms with Crippen LogP contribution in [0.3, 0.4) is 0 Å². The molecule has 1 rings (SSSR count). The lowest BCUT2D eigenvalue weighted by Crippen LogP contribution is -2.41. The van der Waals surface area contributed by atoms with Gasteiger partial charge in [-0.1, -0.05) is 0 Å². The van der Waals surface area contributed by atoms with Crippen molar-refractivity contribution in [3.8, 4) is 0 Å². The molecule has 0 bridgehead atoms. The molecule has 0 aromatic carbocycles. The fourth-order valence-electron chi connectivity index (χ4n) is 1.60. The molecule has 1 fully saturated rings. The Kier molecular flexibility index (Phi) is 2.44. The van der Waals surface area contributed by atoms with E-state index in [1.54, 1.807) is 6.92 Å². The van der Waals surface area contributed by atoms with Crippen molar-refractivity contribution < 1.29 is 4.79 Å². The molecule has 1 aliphatic rings. The molecule has 1 heterocycles. The number of hydrogen-bond acceptors (Lipinski definition) is 2. The van der Waals surface area contributed by atoms with Crippen LogP contribution in [0.5, 0.6) is 0 Å². The Morgan fingerprint density at radius 1 is 1.60 bits per heavy atom. The molecule has 1 saturated heterocycles. The van der Waals surface area contributed by atoms with Crippen LogP contribution in [0.2, 0.25) is 0 Å². The summed E-state index contributed by atoms with van der Waals surface area (Å²) in [5, 5.41) is 3.29. The van der Waals surface area contributed by atoms with Crippen LogP contribution in [-0.2, 0) is 4.79 Å². The lowest BCUT2D eigenvalue weighted by Gasteiger charge is -2.27. The van der Waals surface area contributed by atoms with Gasteiger partial charge in [-0.3, -0.25) is 4.79 Å². The summed E-state index contributed by atoms with van der Waals surface area (Å²) < 4.78 is 0. The summed E-state index contributed by atoms with van der Waals surface area (Å²) in [4.78, 5) is 11.0. The molecule has 0 amide bonds. The SMILES string of the molecule is CC(=O)C1CCCN[C@H]1C. The van der Waals surface area contributed by atoms with E-state index < -0.39 is 0 Å². The van der Waals surface area contributed by atoms with Crippen LogP contribution in [0.4, 0.5) is 0 Å². The summed E-state index contributed by atoms with van der Waals surface area (Å²) >= 11 is 0. The Labute approximate surface area is 62.0 Å². The van der Waals surface area contributed by atoms with Gasteiger partial charge in [-0.05, 0) is 33.2 Å². The smallest absolute Gasteiger partial charge is 0.134 e. The van der Waals surface area contributed by atoms with Gasteiger partial charge in [0.25, 0.3) is 0 Å². The number of carbonyl (C=O) groups is 1. The standard InChI is InChI=1S/C8H15NO/c1-6-8(7(2)10)4-3-5-9-6/h6,8-9H,3-5H2,1-2H3/t6-,8?/m0/s1. The molecular formula is C8H15NO. The summed E-state index contributed by atoms with van der Waals surface area (Å²) in [6.07, 6.45) is 2.22. The van der Waals surface area contributed by atoms with Gasteiger partial charge in [-0.2, -0.15) is 0 Å². The number of carbonyl (C=O) groups excluding carboxylic acids is 1. The third kappa shape index (κ3) is 1.57. The van der Waals surface area contributed by atoms with Crippen molar-refractivity contribution in [2.75, 3.05) is 6.54 Å². The van der Waals surface area contributed by atoms with E-state index in [2.05, 4.69) is 12.2 Å². The lowest BCUT2D eigenvalue weighted by molar-refractivity contribution is -0.122. The number of nitrogens with one attached hydrogen (secondary N) is 1. The highest BCUT2D eigenvalue weighted by molar-refractivity contribution is 5.79. The van der Waals surface area contributed by atoms with Crippen LogP contribution in [0.25, 0.3) is 0 Å². The molecule has 0 aromatic heterocycles. The molecule has 1 N–H and O–H groups in total. The first kappa shape index (κ1) is 7.73. The maximum Gasteiger partial charge on any atom is 0.134 e. The van der Waals surface area contributed by atoms with Crippen LogP contribution in [0, 0.1) is 5.92 Å². The predicted octanol–water partition coefficient (Wildman–Crippen LogP) is 0.964. The fourth-order valence-corrected chi connectivity index (χ4v) is 1.60. The highest BCUT2D eigenvalue weighted by Gasteiger charge is 2.23. The number of piperidine rings is 1. The summed E-state index contributed by atoms with van der Waals surface area (Å²) in [6.45, 7) is 4.85. The van der Waals surface area contributed by atoms with E-state index in [0.29, 0.717) is 11.8 Å². The van der Waals surface area contributed by atoms with Gasteiger partial charge in [0.1, 0.15) is 5.78 Å². The Hall–Kier alpha value is -0.370. The minimum absolute atomic E-state index is 0.272. The van der Waals surface area contributed by atoms with E-state index in [9.17, 15) is 4.79 Å². The number of rotatable bonds is 1. The zero-order valence-electron chi connectivity index (χ0n) is 6.68. The van der Waals surface area contributed by atoms with Crippen molar-refractivity contribution in [3.63, 3.8) is 0 Å². The van der Waals surface area contributed by atoms with Crippen LogP contribution in [-0.4, -0.2) is 18.4 Å². The normalized spacial score (nSPS) is 33.8. The first-order chi connectivity index (χ1) is 4.72. The number of hydrogen-bond donors (Lipinski definition) is 1. The van der Waals surface area contributed by atoms with Crippen molar-refractivity contribution >= 4 is 5.78 Å². The Morgan fingerprint density at radius 2 is 2.30 bits per heavy atom. The van der Waals surface area contributed by atoms with E-state index in [0.717, 1.165) is 19.4 Å². The molecular weight excluding hydrogens is 126 g/mol. The molecule has 2 heteroatoms. The lowest BCUT2D eigenvalue weighted by atomic mass is 9.89. The van der Waals surface area contributed by atoms with Crippen LogP contribution < -0.4 is 5.32 Å². The molecule has 0 radical (unpaired) electrons. The summed E-state index contributed by atoms with van der Waals surface area (Å²) in [5.41, 5.74) is 0. The second kappa shape index (κ2) is 3.15. The highest BCUT2D eigenvalue weighted by Crippen LogP contribution is 2.16. The van der Waals surface area contributed by atoms with Crippen molar-refractivity contribution in [1.29, 1.82) is 0 Å². The van der Waals surface area contributed by atoms with Crippen molar-refractivity contribution in [1.82, 2.24) is 5.32 Å². The topological polar surface area (TPSA) is 29.1 Å². The first-order valence-corrected chi connectivity index (χ1v) is 3.95. The van der Waals surface area contributed by atoms with Crippen molar-refractivity contribution in [3.05, 3.63) is 0 Å². The van der Waals surface area contributed by atoms with E-state index in [-0.39, 0.29) is 5.92 Å². The van der Waals surface area contributed by atoms with Crippen LogP contribution >= 0.6 is 0 Å². The second-order valence-corrected chi connectivity index (χ2v) is 3.10. The molecule has 1 unspecified atom stereocenters. The molecule has 0 saturated carbocycles. The summed E-state index contributed by atoms with van der Waals surface area (Å²) in [7, 11) is 0. The van der Waals surface area contributed by atoms with Gasteiger partial charge in [0.2, 0.25) is 0 Å². The minimum atomic E-state index is 0.272. The summed E-state index contributed by atoms with van der Waals surface area (Å²) in [5.74, 6) is 0.605. The van der Waals surface area contributed by atoms with Gasteiger partial charge in [0.05, 0.1) is 0 Å². The molecule has 10 heavy (non-hydrogen) atoms. The van der Waals surface area contributed by atoms with E-state index in [4.69, 9.17) is 0 Å². The van der Waals surface area contributed by atoms with Crippen molar-refractivity contribution in [2.45, 2.75) is 32.7 Å². The van der Waals surface area contributed by atoms with Crippen LogP contribution in [0.15, 0.2) is 0 Å². The maximum atomic E-state index is 11.0. The summed E-state index contributed by atoms with van der Waals surface area (Å²) in [6, 6.07) is 0.395. The Bertz CT molecular complexity index is 133. The molecule has 0 aromatic rings. The molecule has 0 spiro atoms. The van der Waals surface area contributed by atoms with Gasteiger partial charge in [-0.25, -0.2) is 0 Å². The first-order valence-electron chi connectivity index (χ1n) is 3.95. The van der Waals surface area contributed by atoms with Gasteiger partial charge in [-0.15, -0.1) is 0 Å². The quantitative estimate of drug-likeness (QED) is 0.589. The number of Topliss-reactive ketones (excluding diaryl/α,β-unsaturated/α-hetero) is 1. The van der Waals surface area contributed by atoms with Crippen LogP contribution in [0.1, 0.15) is 26.7 Å². The van der Waals surface area contributed by atoms with E-state index in [1.165, 1.54) is 0 Å². The average molecular weight is 141 g/mol. The zero-order chi connectivity index (χ0) is 7.56. The van der Waals surface area contributed by atoms with Gasteiger partial charge < -0.3 is 5.32 Å². The Morgan fingerprint density at radius 3 is 2.70 bits per heavy atom. The molecule has 1 aliphatic heterocycles. The molecule has 2 nitrogen and oxygen atoms in total. The molecule has 0 aliphatic carbocycles. The van der Waals surface area contributed by atoms with Gasteiger partial charge in [0, 0.05) is 12.0 Å². The largest absolute Gasteiger partial charge is 0.314 e.